The highest BCUT2D eigenvalue weighted by Gasteiger charge is 2.35. The number of carbonyl (C=O) groups excluding carboxylic acids is 2. The first-order chi connectivity index (χ1) is 9.82. The van der Waals surface area contributed by atoms with E-state index in [1.165, 1.54) is 4.90 Å². The maximum Gasteiger partial charge on any atom is 0.233 e. The minimum atomic E-state index is -0.981. The number of amides is 1. The Kier molecular flexibility index (Phi) is 6.02. The quantitative estimate of drug-likeness (QED) is 0.432. The van der Waals surface area contributed by atoms with Crippen molar-refractivity contribution in [3.05, 3.63) is 46.0 Å². The van der Waals surface area contributed by atoms with Gasteiger partial charge in [0.05, 0.1) is 0 Å². The lowest BCUT2D eigenvalue weighted by Gasteiger charge is -2.22. The lowest BCUT2D eigenvalue weighted by molar-refractivity contribution is -0.488. The van der Waals surface area contributed by atoms with Gasteiger partial charge in [-0.05, 0) is 5.56 Å². The van der Waals surface area contributed by atoms with Gasteiger partial charge in [-0.1, -0.05) is 37.3 Å². The van der Waals surface area contributed by atoms with Gasteiger partial charge in [-0.15, -0.1) is 0 Å². The highest BCUT2D eigenvalue weighted by molar-refractivity contribution is 6.02. The molecule has 0 saturated heterocycles. The lowest BCUT2D eigenvalue weighted by atomic mass is 9.86. The molecule has 0 fully saturated rings. The molecule has 1 aromatic rings. The summed E-state index contributed by atoms with van der Waals surface area (Å²) in [6.45, 7) is 1.17. The van der Waals surface area contributed by atoms with Crippen LogP contribution < -0.4 is 0 Å². The zero-order chi connectivity index (χ0) is 16.0. The molecular formula is C15H20N2O4. The summed E-state index contributed by atoms with van der Waals surface area (Å²) in [6, 6.07) is 9.06. The first-order valence-corrected chi connectivity index (χ1v) is 6.72. The monoisotopic (exact) mass is 292 g/mol. The van der Waals surface area contributed by atoms with Gasteiger partial charge >= 0.3 is 0 Å². The van der Waals surface area contributed by atoms with E-state index in [0.717, 1.165) is 5.56 Å². The molecule has 0 radical (unpaired) electrons. The van der Waals surface area contributed by atoms with E-state index in [9.17, 15) is 19.7 Å². The molecule has 2 atom stereocenters. The van der Waals surface area contributed by atoms with Crippen molar-refractivity contribution < 1.29 is 14.5 Å². The zero-order valence-electron chi connectivity index (χ0n) is 12.5. The Labute approximate surface area is 123 Å². The minimum absolute atomic E-state index is 0.104. The Morgan fingerprint density at radius 2 is 1.81 bits per heavy atom. The summed E-state index contributed by atoms with van der Waals surface area (Å²) < 4.78 is 0. The summed E-state index contributed by atoms with van der Waals surface area (Å²) in [6.07, 6.45) is 0.104. The van der Waals surface area contributed by atoms with Gasteiger partial charge in [0, 0.05) is 31.4 Å². The molecule has 6 nitrogen and oxygen atoms in total. The van der Waals surface area contributed by atoms with Crippen LogP contribution in [0.1, 0.15) is 12.5 Å². The second-order valence-electron chi connectivity index (χ2n) is 5.33. The van der Waals surface area contributed by atoms with Crippen molar-refractivity contribution in [2.75, 3.05) is 20.6 Å². The molecular weight excluding hydrogens is 272 g/mol. The highest BCUT2D eigenvalue weighted by Crippen LogP contribution is 2.18. The molecule has 0 heterocycles. The maximum atomic E-state index is 12.4. The van der Waals surface area contributed by atoms with Crippen LogP contribution in [0.3, 0.4) is 0 Å². The summed E-state index contributed by atoms with van der Waals surface area (Å²) >= 11 is 0. The Bertz CT molecular complexity index is 514. The first kappa shape index (κ1) is 16.8. The number of ketones is 1. The second-order valence-corrected chi connectivity index (χ2v) is 5.33. The van der Waals surface area contributed by atoms with Gasteiger partial charge < -0.3 is 4.90 Å². The normalized spacial score (nSPS) is 13.3. The fourth-order valence-electron chi connectivity index (χ4n) is 2.22. The number of hydrogen-bond acceptors (Lipinski definition) is 4. The van der Waals surface area contributed by atoms with E-state index in [2.05, 4.69) is 0 Å². The van der Waals surface area contributed by atoms with Gasteiger partial charge in [0.2, 0.25) is 12.5 Å². The minimum Gasteiger partial charge on any atom is -0.348 e. The fourth-order valence-corrected chi connectivity index (χ4v) is 2.22. The third-order valence-corrected chi connectivity index (χ3v) is 3.28. The van der Waals surface area contributed by atoms with Gasteiger partial charge in [-0.3, -0.25) is 19.7 Å². The number of benzene rings is 1. The van der Waals surface area contributed by atoms with Gasteiger partial charge in [-0.25, -0.2) is 0 Å². The number of nitrogens with zero attached hydrogens (tertiary/aromatic N) is 2. The van der Waals surface area contributed by atoms with Crippen molar-refractivity contribution in [1.82, 2.24) is 4.90 Å². The topological polar surface area (TPSA) is 80.5 Å². The average molecular weight is 292 g/mol. The van der Waals surface area contributed by atoms with E-state index in [1.807, 2.05) is 18.2 Å². The van der Waals surface area contributed by atoms with Crippen LogP contribution in [-0.4, -0.2) is 42.2 Å². The second kappa shape index (κ2) is 7.52. The molecule has 0 bridgehead atoms. The van der Waals surface area contributed by atoms with E-state index in [0.29, 0.717) is 0 Å². The summed E-state index contributed by atoms with van der Waals surface area (Å²) in [5.74, 6) is -2.28. The Balaban J connectivity index is 2.92. The molecule has 114 valence electrons. The number of nitro groups is 1. The summed E-state index contributed by atoms with van der Waals surface area (Å²) in [4.78, 5) is 36.1. The van der Waals surface area contributed by atoms with Crippen molar-refractivity contribution in [3.63, 3.8) is 0 Å². The van der Waals surface area contributed by atoms with Crippen molar-refractivity contribution >= 4 is 11.7 Å². The van der Waals surface area contributed by atoms with Crippen LogP contribution in [0.2, 0.25) is 0 Å². The third-order valence-electron chi connectivity index (χ3n) is 3.28. The van der Waals surface area contributed by atoms with E-state index in [1.54, 1.807) is 33.2 Å². The SMILES string of the molecule is C[C@@H](C[N+](=O)[O-])[C@@H](C(=O)Cc1ccccc1)C(=O)N(C)C. The molecule has 0 N–H and O–H groups in total. The van der Waals surface area contributed by atoms with Crippen LogP contribution in [0, 0.1) is 22.0 Å². The maximum absolute atomic E-state index is 12.4. The van der Waals surface area contributed by atoms with E-state index in [-0.39, 0.29) is 18.1 Å². The summed E-state index contributed by atoms with van der Waals surface area (Å²) in [5.41, 5.74) is 0.798. The van der Waals surface area contributed by atoms with Gasteiger partial charge in [0.15, 0.2) is 0 Å². The standard InChI is InChI=1S/C15H20N2O4/c1-11(10-17(20)21)14(15(19)16(2)3)13(18)9-12-7-5-4-6-8-12/h4-8,11,14H,9-10H2,1-3H3/t11-,14-/m0/s1. The summed E-state index contributed by atoms with van der Waals surface area (Å²) in [5, 5.41) is 10.7. The lowest BCUT2D eigenvalue weighted by Crippen LogP contribution is -2.41. The van der Waals surface area contributed by atoms with Crippen molar-refractivity contribution in [2.45, 2.75) is 13.3 Å². The molecule has 6 heteroatoms. The van der Waals surface area contributed by atoms with Crippen LogP contribution in [0.4, 0.5) is 0 Å². The predicted octanol–water partition coefficient (Wildman–Crippen LogP) is 1.42. The molecule has 0 aliphatic carbocycles. The van der Waals surface area contributed by atoms with Crippen LogP contribution in [0.15, 0.2) is 30.3 Å². The van der Waals surface area contributed by atoms with Crippen LogP contribution in [0.25, 0.3) is 0 Å². The van der Waals surface area contributed by atoms with Crippen LogP contribution in [0.5, 0.6) is 0 Å². The molecule has 1 amide bonds. The van der Waals surface area contributed by atoms with E-state index >= 15 is 0 Å². The summed E-state index contributed by atoms with van der Waals surface area (Å²) in [7, 11) is 3.09. The van der Waals surface area contributed by atoms with E-state index < -0.39 is 23.3 Å². The molecule has 0 saturated carbocycles. The largest absolute Gasteiger partial charge is 0.348 e. The molecule has 0 aliphatic rings. The van der Waals surface area contributed by atoms with E-state index in [4.69, 9.17) is 0 Å². The number of Topliss-reactive ketones (excluding diaryl/α,β-unsaturated/α-hetero) is 1. The van der Waals surface area contributed by atoms with Gasteiger partial charge in [-0.2, -0.15) is 0 Å². The highest BCUT2D eigenvalue weighted by atomic mass is 16.6. The van der Waals surface area contributed by atoms with Crippen LogP contribution in [-0.2, 0) is 16.0 Å². The molecule has 0 unspecified atom stereocenters. The van der Waals surface area contributed by atoms with Gasteiger partial charge in [0.1, 0.15) is 11.7 Å². The third kappa shape index (κ3) is 4.98. The Morgan fingerprint density at radius 1 is 1.24 bits per heavy atom. The predicted molar refractivity (Wildman–Crippen MR) is 78.4 cm³/mol. The van der Waals surface area contributed by atoms with Crippen molar-refractivity contribution in [3.8, 4) is 0 Å². The van der Waals surface area contributed by atoms with Crippen LogP contribution >= 0.6 is 0 Å². The smallest absolute Gasteiger partial charge is 0.233 e. The number of rotatable bonds is 7. The zero-order valence-corrected chi connectivity index (χ0v) is 12.5. The molecule has 21 heavy (non-hydrogen) atoms. The molecule has 1 aromatic carbocycles. The Morgan fingerprint density at radius 3 is 2.29 bits per heavy atom. The van der Waals surface area contributed by atoms with Gasteiger partial charge in [0.25, 0.3) is 0 Å². The molecule has 0 aromatic heterocycles. The van der Waals surface area contributed by atoms with Crippen molar-refractivity contribution in [2.24, 2.45) is 11.8 Å². The molecule has 0 spiro atoms. The molecule has 1 rings (SSSR count). The Hall–Kier alpha value is -2.24. The fraction of sp³-hybridized carbons (Fsp3) is 0.467. The van der Waals surface area contributed by atoms with Crippen molar-refractivity contribution in [1.29, 1.82) is 0 Å². The first-order valence-electron chi connectivity index (χ1n) is 6.72. The number of carbonyl (C=O) groups is 2. The number of hydrogen-bond donors (Lipinski definition) is 0. The molecule has 0 aliphatic heterocycles. The average Bonchev–Trinajstić information content (AvgIpc) is 2.38.